The molecule has 1 nitrogen and oxygen atoms in total. The summed E-state index contributed by atoms with van der Waals surface area (Å²) in [6, 6.07) is 23.3. The fourth-order valence-corrected chi connectivity index (χ4v) is 2.47. The molecule has 3 aromatic rings. The van der Waals surface area contributed by atoms with Crippen molar-refractivity contribution in [3.05, 3.63) is 78.9 Å². The molecular weight excluding hydrogens is 254 g/mol. The van der Waals surface area contributed by atoms with Gasteiger partial charge in [-0.05, 0) is 29.1 Å². The van der Waals surface area contributed by atoms with Crippen LogP contribution in [0.3, 0.4) is 0 Å². The zero-order valence-corrected chi connectivity index (χ0v) is 11.6. The molecule has 21 heavy (non-hydrogen) atoms. The predicted octanol–water partition coefficient (Wildman–Crippen LogP) is 5.89. The first-order valence-electron chi connectivity index (χ1n) is 6.73. The zero-order chi connectivity index (χ0) is 13.9. The summed E-state index contributed by atoms with van der Waals surface area (Å²) >= 11 is 0. The summed E-state index contributed by atoms with van der Waals surface area (Å²) in [5.74, 6) is 0. The van der Waals surface area contributed by atoms with E-state index < -0.39 is 0 Å². The minimum atomic E-state index is 0. The van der Waals surface area contributed by atoms with Crippen LogP contribution in [0.1, 0.15) is 13.0 Å². The highest BCUT2D eigenvalue weighted by molar-refractivity contribution is 5.95. The lowest BCUT2D eigenvalue weighted by molar-refractivity contribution is 1.22. The van der Waals surface area contributed by atoms with E-state index in [1.165, 1.54) is 22.1 Å². The van der Waals surface area contributed by atoms with Crippen LogP contribution in [0.5, 0.6) is 0 Å². The van der Waals surface area contributed by atoms with E-state index in [1.807, 2.05) is 6.08 Å². The SMILES string of the molecule is C.C=Cc1ccc(N(C)c2cccc3ccccc23)cc1. The van der Waals surface area contributed by atoms with E-state index in [0.29, 0.717) is 0 Å². The highest BCUT2D eigenvalue weighted by Crippen LogP contribution is 2.31. The summed E-state index contributed by atoms with van der Waals surface area (Å²) in [7, 11) is 2.10. The Hall–Kier alpha value is -2.54. The minimum absolute atomic E-state index is 0. The van der Waals surface area contributed by atoms with Gasteiger partial charge in [-0.15, -0.1) is 0 Å². The highest BCUT2D eigenvalue weighted by atomic mass is 15.1. The largest absolute Gasteiger partial charge is 0.344 e. The summed E-state index contributed by atoms with van der Waals surface area (Å²) in [6.45, 7) is 3.79. The fourth-order valence-electron chi connectivity index (χ4n) is 2.47. The standard InChI is InChI=1S/C19H17N.CH4/c1-3-15-11-13-17(14-12-15)20(2)19-10-6-8-16-7-4-5-9-18(16)19;/h3-14H,1H2,2H3;1H4. The molecule has 0 bridgehead atoms. The topological polar surface area (TPSA) is 3.24 Å². The molecule has 0 spiro atoms. The molecule has 3 rings (SSSR count). The number of anilines is 2. The van der Waals surface area contributed by atoms with Crippen molar-refractivity contribution in [3.63, 3.8) is 0 Å². The summed E-state index contributed by atoms with van der Waals surface area (Å²) in [5, 5.41) is 2.53. The normalized spacial score (nSPS) is 9.95. The van der Waals surface area contributed by atoms with Crippen LogP contribution in [-0.4, -0.2) is 7.05 Å². The van der Waals surface area contributed by atoms with Gasteiger partial charge in [0.15, 0.2) is 0 Å². The molecule has 0 N–H and O–H groups in total. The zero-order valence-electron chi connectivity index (χ0n) is 11.6. The maximum absolute atomic E-state index is 3.79. The van der Waals surface area contributed by atoms with Crippen molar-refractivity contribution in [3.8, 4) is 0 Å². The van der Waals surface area contributed by atoms with Crippen molar-refractivity contribution in [1.82, 2.24) is 0 Å². The first-order valence-corrected chi connectivity index (χ1v) is 6.73. The number of nitrogens with zero attached hydrogens (tertiary/aromatic N) is 1. The van der Waals surface area contributed by atoms with Gasteiger partial charge in [0.05, 0.1) is 0 Å². The summed E-state index contributed by atoms with van der Waals surface area (Å²) < 4.78 is 0. The van der Waals surface area contributed by atoms with Gasteiger partial charge in [0.1, 0.15) is 0 Å². The van der Waals surface area contributed by atoms with Crippen LogP contribution in [0.15, 0.2) is 73.3 Å². The number of fused-ring (bicyclic) bond motifs is 1. The van der Waals surface area contributed by atoms with E-state index in [2.05, 4.69) is 85.3 Å². The molecule has 0 saturated carbocycles. The van der Waals surface area contributed by atoms with E-state index in [9.17, 15) is 0 Å². The Morgan fingerprint density at radius 2 is 1.52 bits per heavy atom. The van der Waals surface area contributed by atoms with E-state index in [1.54, 1.807) is 0 Å². The molecule has 0 aliphatic heterocycles. The summed E-state index contributed by atoms with van der Waals surface area (Å²) in [4.78, 5) is 2.22. The van der Waals surface area contributed by atoms with E-state index in [-0.39, 0.29) is 7.43 Å². The molecule has 0 aliphatic rings. The molecule has 0 heterocycles. The van der Waals surface area contributed by atoms with Crippen molar-refractivity contribution in [1.29, 1.82) is 0 Å². The minimum Gasteiger partial charge on any atom is -0.344 e. The highest BCUT2D eigenvalue weighted by Gasteiger charge is 2.07. The third-order valence-electron chi connectivity index (χ3n) is 3.64. The molecule has 106 valence electrons. The smallest absolute Gasteiger partial charge is 0.0487 e. The number of hydrogen-bond acceptors (Lipinski definition) is 1. The summed E-state index contributed by atoms with van der Waals surface area (Å²) in [6.07, 6.45) is 1.86. The van der Waals surface area contributed by atoms with Gasteiger partial charge in [-0.1, -0.05) is 68.6 Å². The lowest BCUT2D eigenvalue weighted by Crippen LogP contribution is -2.09. The van der Waals surface area contributed by atoms with Crippen LogP contribution >= 0.6 is 0 Å². The van der Waals surface area contributed by atoms with Gasteiger partial charge in [0.2, 0.25) is 0 Å². The maximum atomic E-state index is 3.79. The van der Waals surface area contributed by atoms with Gasteiger partial charge in [0.25, 0.3) is 0 Å². The van der Waals surface area contributed by atoms with Gasteiger partial charge in [0, 0.05) is 23.8 Å². The predicted molar refractivity (Wildman–Crippen MR) is 95.3 cm³/mol. The Morgan fingerprint density at radius 1 is 0.857 bits per heavy atom. The third-order valence-corrected chi connectivity index (χ3v) is 3.64. The van der Waals surface area contributed by atoms with Crippen molar-refractivity contribution in [2.24, 2.45) is 0 Å². The number of benzene rings is 3. The van der Waals surface area contributed by atoms with Gasteiger partial charge in [-0.2, -0.15) is 0 Å². The molecule has 0 fully saturated rings. The monoisotopic (exact) mass is 275 g/mol. The molecule has 1 heteroatoms. The van der Waals surface area contributed by atoms with Crippen molar-refractivity contribution >= 4 is 28.2 Å². The Kier molecular flexibility index (Phi) is 4.44. The second-order valence-electron chi connectivity index (χ2n) is 4.85. The van der Waals surface area contributed by atoms with Crippen LogP contribution in [0, 0.1) is 0 Å². The molecule has 0 unspecified atom stereocenters. The maximum Gasteiger partial charge on any atom is 0.0487 e. The first kappa shape index (κ1) is 14.9. The van der Waals surface area contributed by atoms with Crippen LogP contribution in [0.4, 0.5) is 11.4 Å². The van der Waals surface area contributed by atoms with Crippen molar-refractivity contribution < 1.29 is 0 Å². The van der Waals surface area contributed by atoms with Crippen LogP contribution in [0.2, 0.25) is 0 Å². The number of rotatable bonds is 3. The third kappa shape index (κ3) is 2.82. The average molecular weight is 275 g/mol. The lowest BCUT2D eigenvalue weighted by Gasteiger charge is -2.21. The van der Waals surface area contributed by atoms with E-state index in [4.69, 9.17) is 0 Å². The van der Waals surface area contributed by atoms with Crippen LogP contribution in [0.25, 0.3) is 16.8 Å². The molecule has 0 saturated heterocycles. The van der Waals surface area contributed by atoms with Crippen LogP contribution < -0.4 is 4.90 Å². The fraction of sp³-hybridized carbons (Fsp3) is 0.100. The van der Waals surface area contributed by atoms with Gasteiger partial charge in [-0.25, -0.2) is 0 Å². The Bertz CT molecular complexity index is 736. The van der Waals surface area contributed by atoms with E-state index in [0.717, 1.165) is 5.56 Å². The number of hydrogen-bond donors (Lipinski definition) is 0. The average Bonchev–Trinajstić information content (AvgIpc) is 2.54. The first-order chi connectivity index (χ1) is 9.79. The van der Waals surface area contributed by atoms with Crippen molar-refractivity contribution in [2.45, 2.75) is 7.43 Å². The molecule has 0 atom stereocenters. The molecule has 0 radical (unpaired) electrons. The Balaban J connectivity index is 0.00000161. The molecular formula is C20H21N. The van der Waals surface area contributed by atoms with Gasteiger partial charge in [-0.3, -0.25) is 0 Å². The molecule has 0 aliphatic carbocycles. The van der Waals surface area contributed by atoms with Gasteiger partial charge >= 0.3 is 0 Å². The molecule has 0 amide bonds. The lowest BCUT2D eigenvalue weighted by atomic mass is 10.1. The van der Waals surface area contributed by atoms with E-state index >= 15 is 0 Å². The Morgan fingerprint density at radius 3 is 2.24 bits per heavy atom. The molecule has 0 aromatic heterocycles. The molecule has 3 aromatic carbocycles. The second kappa shape index (κ2) is 6.27. The second-order valence-corrected chi connectivity index (χ2v) is 4.85. The van der Waals surface area contributed by atoms with Gasteiger partial charge < -0.3 is 4.90 Å². The summed E-state index contributed by atoms with van der Waals surface area (Å²) in [5.41, 5.74) is 3.53. The Labute approximate surface area is 127 Å². The van der Waals surface area contributed by atoms with Crippen molar-refractivity contribution in [2.75, 3.05) is 11.9 Å². The van der Waals surface area contributed by atoms with Crippen LogP contribution in [-0.2, 0) is 0 Å². The quantitative estimate of drug-likeness (QED) is 0.576.